The molecule has 0 radical (unpaired) electrons. The topological polar surface area (TPSA) is 64.6 Å². The fourth-order valence-electron chi connectivity index (χ4n) is 4.08. The van der Waals surface area contributed by atoms with Gasteiger partial charge in [-0.25, -0.2) is 9.78 Å². The lowest BCUT2D eigenvalue weighted by Gasteiger charge is -2.26. The molecule has 0 saturated heterocycles. The summed E-state index contributed by atoms with van der Waals surface area (Å²) in [7, 11) is 0. The first-order valence-electron chi connectivity index (χ1n) is 11.8. The van der Waals surface area contributed by atoms with Gasteiger partial charge >= 0.3 is 6.09 Å². The molecule has 0 N–H and O–H groups in total. The van der Waals surface area contributed by atoms with Gasteiger partial charge in [-0.15, -0.1) is 0 Å². The number of carbonyl (C=O) groups is 1. The van der Waals surface area contributed by atoms with E-state index in [0.717, 1.165) is 46.8 Å². The number of aryl methyl sites for hydroxylation is 2. The second kappa shape index (κ2) is 9.84. The van der Waals surface area contributed by atoms with E-state index in [1.54, 1.807) is 11.1 Å². The summed E-state index contributed by atoms with van der Waals surface area (Å²) >= 11 is 0. The highest BCUT2D eigenvalue weighted by atomic mass is 16.6. The molecule has 6 heteroatoms. The SMILES string of the molecule is Cc1ccnc(COc2ccc(C)nc2-c2ccc3c(c2)CCN(C(=O)OC(C)(C)C)CC3)c1. The van der Waals surface area contributed by atoms with Gasteiger partial charge in [0.05, 0.1) is 5.69 Å². The lowest BCUT2D eigenvalue weighted by Crippen LogP contribution is -2.38. The minimum Gasteiger partial charge on any atom is -0.485 e. The van der Waals surface area contributed by atoms with E-state index in [4.69, 9.17) is 14.5 Å². The van der Waals surface area contributed by atoms with Crippen molar-refractivity contribution in [1.82, 2.24) is 14.9 Å². The maximum atomic E-state index is 12.6. The number of pyridine rings is 2. The van der Waals surface area contributed by atoms with Crippen LogP contribution in [-0.2, 0) is 24.2 Å². The van der Waals surface area contributed by atoms with Gasteiger partial charge in [0.15, 0.2) is 0 Å². The van der Waals surface area contributed by atoms with Crippen LogP contribution < -0.4 is 4.74 Å². The Morgan fingerprint density at radius 2 is 1.76 bits per heavy atom. The van der Waals surface area contributed by atoms with Crippen LogP contribution in [0.3, 0.4) is 0 Å². The predicted octanol–water partition coefficient (Wildman–Crippen LogP) is 5.68. The van der Waals surface area contributed by atoms with Gasteiger partial charge in [-0.1, -0.05) is 12.1 Å². The Kier molecular flexibility index (Phi) is 6.87. The first-order valence-corrected chi connectivity index (χ1v) is 11.8. The minimum absolute atomic E-state index is 0.249. The Hall–Kier alpha value is -3.41. The maximum Gasteiger partial charge on any atom is 0.410 e. The van der Waals surface area contributed by atoms with Crippen LogP contribution in [0.15, 0.2) is 48.7 Å². The molecule has 1 aliphatic rings. The molecule has 0 spiro atoms. The monoisotopic (exact) mass is 459 g/mol. The number of rotatable bonds is 4. The molecule has 0 aliphatic carbocycles. The van der Waals surface area contributed by atoms with Crippen molar-refractivity contribution in [1.29, 1.82) is 0 Å². The second-order valence-corrected chi connectivity index (χ2v) is 9.86. The second-order valence-electron chi connectivity index (χ2n) is 9.86. The van der Waals surface area contributed by atoms with Crippen LogP contribution in [0.2, 0.25) is 0 Å². The third kappa shape index (κ3) is 5.93. The zero-order valence-corrected chi connectivity index (χ0v) is 20.7. The van der Waals surface area contributed by atoms with Crippen molar-refractivity contribution < 1.29 is 14.3 Å². The van der Waals surface area contributed by atoms with Gasteiger partial charge < -0.3 is 14.4 Å². The van der Waals surface area contributed by atoms with Crippen molar-refractivity contribution in [3.8, 4) is 17.0 Å². The molecule has 0 saturated carbocycles. The van der Waals surface area contributed by atoms with Gasteiger partial charge in [0.2, 0.25) is 0 Å². The van der Waals surface area contributed by atoms with Crippen LogP contribution in [0, 0.1) is 13.8 Å². The summed E-state index contributed by atoms with van der Waals surface area (Å²) in [6.45, 7) is 11.4. The minimum atomic E-state index is -0.495. The normalized spacial score (nSPS) is 13.7. The fourth-order valence-corrected chi connectivity index (χ4v) is 4.08. The number of ether oxygens (including phenoxy) is 2. The van der Waals surface area contributed by atoms with Crippen molar-refractivity contribution in [2.75, 3.05) is 13.1 Å². The number of amides is 1. The maximum absolute atomic E-state index is 12.6. The predicted molar refractivity (Wildman–Crippen MR) is 133 cm³/mol. The first-order chi connectivity index (χ1) is 16.2. The summed E-state index contributed by atoms with van der Waals surface area (Å²) in [5, 5.41) is 0. The zero-order chi connectivity index (χ0) is 24.3. The number of fused-ring (bicyclic) bond motifs is 1. The van der Waals surface area contributed by atoms with E-state index < -0.39 is 5.60 Å². The molecule has 1 aromatic carbocycles. The zero-order valence-electron chi connectivity index (χ0n) is 20.7. The molecule has 6 nitrogen and oxygen atoms in total. The average molecular weight is 460 g/mol. The van der Waals surface area contributed by atoms with Gasteiger partial charge in [0, 0.05) is 30.5 Å². The Bertz CT molecular complexity index is 1180. The molecule has 34 heavy (non-hydrogen) atoms. The molecule has 0 unspecified atom stereocenters. The van der Waals surface area contributed by atoms with E-state index >= 15 is 0 Å². The summed E-state index contributed by atoms with van der Waals surface area (Å²) < 4.78 is 11.7. The quantitative estimate of drug-likeness (QED) is 0.503. The summed E-state index contributed by atoms with van der Waals surface area (Å²) in [5.74, 6) is 0.734. The molecule has 1 amide bonds. The van der Waals surface area contributed by atoms with Crippen LogP contribution in [0.5, 0.6) is 5.75 Å². The molecular weight excluding hydrogens is 426 g/mol. The van der Waals surface area contributed by atoms with Crippen molar-refractivity contribution in [3.05, 3.63) is 76.7 Å². The third-order valence-electron chi connectivity index (χ3n) is 5.78. The molecule has 178 valence electrons. The fraction of sp³-hybridized carbons (Fsp3) is 0.393. The number of carbonyl (C=O) groups excluding carboxylic acids is 1. The van der Waals surface area contributed by atoms with E-state index in [0.29, 0.717) is 19.7 Å². The lowest BCUT2D eigenvalue weighted by molar-refractivity contribution is 0.0258. The number of aromatic nitrogens is 2. The molecule has 0 atom stereocenters. The Morgan fingerprint density at radius 1 is 1.00 bits per heavy atom. The van der Waals surface area contributed by atoms with Crippen LogP contribution in [0.1, 0.15) is 48.8 Å². The Balaban J connectivity index is 1.54. The molecular formula is C28H33N3O3. The summed E-state index contributed by atoms with van der Waals surface area (Å²) in [5.41, 5.74) is 6.81. The molecule has 1 aliphatic heterocycles. The van der Waals surface area contributed by atoms with Gasteiger partial charge in [-0.3, -0.25) is 4.98 Å². The van der Waals surface area contributed by atoms with E-state index in [1.165, 1.54) is 11.1 Å². The van der Waals surface area contributed by atoms with Crippen LogP contribution in [0.4, 0.5) is 4.79 Å². The molecule has 0 bridgehead atoms. The van der Waals surface area contributed by atoms with Crippen molar-refractivity contribution in [2.24, 2.45) is 0 Å². The number of hydrogen-bond acceptors (Lipinski definition) is 5. The highest BCUT2D eigenvalue weighted by Gasteiger charge is 2.24. The summed E-state index contributed by atoms with van der Waals surface area (Å²) in [6.07, 6.45) is 3.13. The van der Waals surface area contributed by atoms with Gasteiger partial charge in [0.1, 0.15) is 23.7 Å². The molecule has 4 rings (SSSR count). The Morgan fingerprint density at radius 3 is 2.50 bits per heavy atom. The molecule has 3 aromatic rings. The highest BCUT2D eigenvalue weighted by Crippen LogP contribution is 2.31. The highest BCUT2D eigenvalue weighted by molar-refractivity contribution is 5.69. The summed E-state index contributed by atoms with van der Waals surface area (Å²) in [4.78, 5) is 23.6. The largest absolute Gasteiger partial charge is 0.485 e. The number of benzene rings is 1. The van der Waals surface area contributed by atoms with Gasteiger partial charge in [-0.05, 0) is 94.5 Å². The van der Waals surface area contributed by atoms with E-state index in [-0.39, 0.29) is 6.09 Å². The van der Waals surface area contributed by atoms with Gasteiger partial charge in [-0.2, -0.15) is 0 Å². The summed E-state index contributed by atoms with van der Waals surface area (Å²) in [6, 6.07) is 14.4. The third-order valence-corrected chi connectivity index (χ3v) is 5.78. The standard InChI is InChI=1S/C28H33N3O3/c1-19-10-13-29-24(16-19)18-33-25-9-6-20(2)30-26(25)23-8-7-21-11-14-31(15-12-22(21)17-23)27(32)34-28(3,4)5/h6-10,13,16-17H,11-12,14-15,18H2,1-5H3. The Labute approximate surface area is 202 Å². The average Bonchev–Trinajstić information content (AvgIpc) is 2.99. The van der Waals surface area contributed by atoms with Gasteiger partial charge in [0.25, 0.3) is 0 Å². The smallest absolute Gasteiger partial charge is 0.410 e. The lowest BCUT2D eigenvalue weighted by atomic mass is 9.98. The molecule has 3 heterocycles. The first kappa shape index (κ1) is 23.7. The van der Waals surface area contributed by atoms with Crippen molar-refractivity contribution in [3.63, 3.8) is 0 Å². The number of nitrogens with zero attached hydrogens (tertiary/aromatic N) is 3. The van der Waals surface area contributed by atoms with E-state index in [1.807, 2.05) is 58.9 Å². The van der Waals surface area contributed by atoms with E-state index in [9.17, 15) is 4.79 Å². The molecule has 0 fully saturated rings. The van der Waals surface area contributed by atoms with Crippen LogP contribution in [-0.4, -0.2) is 39.7 Å². The van der Waals surface area contributed by atoms with E-state index in [2.05, 4.69) is 23.2 Å². The van der Waals surface area contributed by atoms with Crippen molar-refractivity contribution >= 4 is 6.09 Å². The van der Waals surface area contributed by atoms with Crippen LogP contribution >= 0.6 is 0 Å². The molecule has 2 aromatic heterocycles. The van der Waals surface area contributed by atoms with Crippen LogP contribution in [0.25, 0.3) is 11.3 Å². The number of hydrogen-bond donors (Lipinski definition) is 0. The van der Waals surface area contributed by atoms with Crippen molar-refractivity contribution in [2.45, 2.75) is 59.7 Å².